The van der Waals surface area contributed by atoms with Gasteiger partial charge in [0, 0.05) is 16.0 Å². The molecule has 0 aliphatic carbocycles. The van der Waals surface area contributed by atoms with Gasteiger partial charge in [0.1, 0.15) is 17.5 Å². The molecule has 1 aliphatic rings. The van der Waals surface area contributed by atoms with Crippen molar-refractivity contribution in [2.24, 2.45) is 4.99 Å². The molecule has 0 radical (unpaired) electrons. The summed E-state index contributed by atoms with van der Waals surface area (Å²) in [5.74, 6) is 0.762. The van der Waals surface area contributed by atoms with Crippen LogP contribution in [0.5, 0.6) is 11.5 Å². The van der Waals surface area contributed by atoms with Crippen molar-refractivity contribution >= 4 is 40.4 Å². The van der Waals surface area contributed by atoms with Gasteiger partial charge in [0.25, 0.3) is 5.56 Å². The van der Waals surface area contributed by atoms with Crippen molar-refractivity contribution in [3.63, 3.8) is 0 Å². The van der Waals surface area contributed by atoms with Crippen molar-refractivity contribution in [2.45, 2.75) is 13.0 Å². The molecule has 0 spiro atoms. The minimum Gasteiger partial charge on any atom is -0.497 e. The number of esters is 1. The van der Waals surface area contributed by atoms with Crippen molar-refractivity contribution in [3.05, 3.63) is 107 Å². The second-order valence-electron chi connectivity index (χ2n) is 8.05. The maximum absolute atomic E-state index is 13.9. The molecule has 37 heavy (non-hydrogen) atoms. The van der Waals surface area contributed by atoms with Crippen molar-refractivity contribution < 1.29 is 19.0 Å². The quantitative estimate of drug-likeness (QED) is 0.336. The summed E-state index contributed by atoms with van der Waals surface area (Å²) in [6, 6.07) is 18.1. The molecule has 5 rings (SSSR count). The van der Waals surface area contributed by atoms with Gasteiger partial charge in [-0.1, -0.05) is 47.7 Å². The van der Waals surface area contributed by atoms with Crippen LogP contribution in [0.1, 0.15) is 29.0 Å². The minimum atomic E-state index is -0.667. The average Bonchev–Trinajstić information content (AvgIpc) is 3.57. The molecule has 0 saturated heterocycles. The van der Waals surface area contributed by atoms with E-state index in [1.165, 1.54) is 22.7 Å². The minimum absolute atomic E-state index is 0.210. The van der Waals surface area contributed by atoms with E-state index in [-0.39, 0.29) is 12.2 Å². The number of ether oxygens (including phenoxy) is 3. The molecule has 4 aromatic rings. The van der Waals surface area contributed by atoms with E-state index in [2.05, 4.69) is 0 Å². The molecule has 3 heterocycles. The van der Waals surface area contributed by atoms with Crippen LogP contribution in [-0.2, 0) is 9.53 Å². The number of rotatable bonds is 7. The van der Waals surface area contributed by atoms with Crippen molar-refractivity contribution in [2.75, 3.05) is 20.8 Å². The predicted octanol–water partition coefficient (Wildman–Crippen LogP) is 4.01. The molecular weight excluding hydrogens is 508 g/mol. The molecule has 2 aromatic carbocycles. The molecule has 1 aliphatic heterocycles. The predicted molar refractivity (Wildman–Crippen MR) is 145 cm³/mol. The van der Waals surface area contributed by atoms with Crippen LogP contribution >= 0.6 is 22.7 Å². The third kappa shape index (κ3) is 4.63. The fourth-order valence-electron chi connectivity index (χ4n) is 4.25. The van der Waals surface area contributed by atoms with Crippen LogP contribution in [-0.4, -0.2) is 31.4 Å². The highest BCUT2D eigenvalue weighted by Gasteiger charge is 2.35. The second-order valence-corrected chi connectivity index (χ2v) is 10.0. The Bertz CT molecular complexity index is 1650. The van der Waals surface area contributed by atoms with Gasteiger partial charge >= 0.3 is 5.97 Å². The third-order valence-electron chi connectivity index (χ3n) is 5.91. The van der Waals surface area contributed by atoms with E-state index in [0.29, 0.717) is 37.7 Å². The molecule has 0 saturated carbocycles. The Morgan fingerprint density at radius 1 is 1.08 bits per heavy atom. The van der Waals surface area contributed by atoms with Crippen molar-refractivity contribution in [1.29, 1.82) is 0 Å². The number of thiazole rings is 1. The first-order chi connectivity index (χ1) is 18.0. The number of thiophene rings is 1. The molecule has 7 nitrogen and oxygen atoms in total. The molecule has 0 fully saturated rings. The monoisotopic (exact) mass is 532 g/mol. The topological polar surface area (TPSA) is 79.1 Å². The van der Waals surface area contributed by atoms with Crippen LogP contribution in [0, 0.1) is 0 Å². The molecule has 0 amide bonds. The maximum atomic E-state index is 13.9. The zero-order valence-electron chi connectivity index (χ0n) is 20.5. The molecule has 1 atom stereocenters. The highest BCUT2D eigenvalue weighted by Crippen LogP contribution is 2.36. The SMILES string of the molecule is CCOC(=O)C1=C(c2ccccc2)N=c2s/c(=C\c3cc(OC)ccc3OC)c(=O)n2C1c1cccs1. The number of benzene rings is 2. The summed E-state index contributed by atoms with van der Waals surface area (Å²) >= 11 is 2.74. The van der Waals surface area contributed by atoms with E-state index in [4.69, 9.17) is 19.2 Å². The number of nitrogens with zero attached hydrogens (tertiary/aromatic N) is 2. The van der Waals surface area contributed by atoms with Crippen LogP contribution in [0.25, 0.3) is 11.8 Å². The van der Waals surface area contributed by atoms with Gasteiger partial charge < -0.3 is 14.2 Å². The van der Waals surface area contributed by atoms with E-state index in [0.717, 1.165) is 10.4 Å². The fraction of sp³-hybridized carbons (Fsp3) is 0.179. The summed E-state index contributed by atoms with van der Waals surface area (Å²) in [5.41, 5.74) is 2.07. The van der Waals surface area contributed by atoms with E-state index >= 15 is 0 Å². The normalized spacial score (nSPS) is 15.2. The second kappa shape index (κ2) is 10.6. The zero-order valence-corrected chi connectivity index (χ0v) is 22.1. The Balaban J connectivity index is 1.81. The highest BCUT2D eigenvalue weighted by molar-refractivity contribution is 7.10. The molecule has 2 aromatic heterocycles. The van der Waals surface area contributed by atoms with Gasteiger partial charge in [-0.25, -0.2) is 9.79 Å². The summed E-state index contributed by atoms with van der Waals surface area (Å²) < 4.78 is 18.4. The Morgan fingerprint density at radius 2 is 1.89 bits per heavy atom. The number of carbonyl (C=O) groups excluding carboxylic acids is 1. The van der Waals surface area contributed by atoms with Gasteiger partial charge in [-0.15, -0.1) is 11.3 Å². The first-order valence-electron chi connectivity index (χ1n) is 11.6. The van der Waals surface area contributed by atoms with Gasteiger partial charge in [0.2, 0.25) is 0 Å². The van der Waals surface area contributed by atoms with Crippen molar-refractivity contribution in [1.82, 2.24) is 4.57 Å². The maximum Gasteiger partial charge on any atom is 0.338 e. The van der Waals surface area contributed by atoms with E-state index in [1.54, 1.807) is 43.9 Å². The van der Waals surface area contributed by atoms with Crippen LogP contribution in [0.15, 0.2) is 81.4 Å². The molecule has 0 bridgehead atoms. The number of hydrogen-bond donors (Lipinski definition) is 0. The van der Waals surface area contributed by atoms with Crippen LogP contribution in [0.3, 0.4) is 0 Å². The lowest BCUT2D eigenvalue weighted by molar-refractivity contribution is -0.138. The Labute approximate surface area is 221 Å². The molecule has 188 valence electrons. The summed E-state index contributed by atoms with van der Waals surface area (Å²) in [6.45, 7) is 1.97. The molecule has 0 N–H and O–H groups in total. The number of aromatic nitrogens is 1. The van der Waals surface area contributed by atoms with Crippen molar-refractivity contribution in [3.8, 4) is 11.5 Å². The fourth-order valence-corrected chi connectivity index (χ4v) is 6.07. The number of methoxy groups -OCH3 is 2. The van der Waals surface area contributed by atoms with E-state index < -0.39 is 12.0 Å². The number of carbonyl (C=O) groups is 1. The lowest BCUT2D eigenvalue weighted by atomic mass is 9.97. The average molecular weight is 533 g/mol. The summed E-state index contributed by atoms with van der Waals surface area (Å²) in [4.78, 5) is 33.5. The number of hydrogen-bond acceptors (Lipinski definition) is 8. The Hall–Kier alpha value is -3.95. The van der Waals surface area contributed by atoms with Gasteiger partial charge in [0.05, 0.1) is 36.6 Å². The lowest BCUT2D eigenvalue weighted by Crippen LogP contribution is -2.39. The molecule has 1 unspecified atom stereocenters. The van der Waals surface area contributed by atoms with E-state index in [9.17, 15) is 9.59 Å². The summed E-state index contributed by atoms with van der Waals surface area (Å²) in [6.07, 6.45) is 1.77. The molecule has 9 heteroatoms. The largest absolute Gasteiger partial charge is 0.497 e. The standard InChI is InChI=1S/C28H24N2O5S2/c1-4-35-27(32)23-24(17-9-6-5-7-10-17)29-28-30(25(23)21-11-8-14-36-21)26(31)22(37-28)16-18-15-19(33-2)12-13-20(18)34-3/h5-16,25H,4H2,1-3H3/b22-16-. The van der Waals surface area contributed by atoms with Crippen LogP contribution in [0.2, 0.25) is 0 Å². The highest BCUT2D eigenvalue weighted by atomic mass is 32.1. The first-order valence-corrected chi connectivity index (χ1v) is 13.3. The Kier molecular flexibility index (Phi) is 7.07. The van der Waals surface area contributed by atoms with Crippen LogP contribution in [0.4, 0.5) is 0 Å². The third-order valence-corrected chi connectivity index (χ3v) is 7.82. The van der Waals surface area contributed by atoms with Gasteiger partial charge in [-0.2, -0.15) is 0 Å². The van der Waals surface area contributed by atoms with E-state index in [1.807, 2.05) is 53.9 Å². The lowest BCUT2D eigenvalue weighted by Gasteiger charge is -2.24. The smallest absolute Gasteiger partial charge is 0.338 e. The summed E-state index contributed by atoms with van der Waals surface area (Å²) in [7, 11) is 3.16. The molecular formula is C28H24N2O5S2. The summed E-state index contributed by atoms with van der Waals surface area (Å²) in [5, 5.41) is 1.93. The van der Waals surface area contributed by atoms with Gasteiger partial charge in [-0.05, 0) is 42.6 Å². The van der Waals surface area contributed by atoms with Gasteiger partial charge in [0.15, 0.2) is 4.80 Å². The first kappa shape index (κ1) is 24.7. The van der Waals surface area contributed by atoms with Crippen LogP contribution < -0.4 is 24.4 Å². The zero-order chi connectivity index (χ0) is 25.9. The van der Waals surface area contributed by atoms with Gasteiger partial charge in [-0.3, -0.25) is 9.36 Å². The Morgan fingerprint density at radius 3 is 2.57 bits per heavy atom. The number of fused-ring (bicyclic) bond motifs is 1.